The van der Waals surface area contributed by atoms with Gasteiger partial charge in [0.15, 0.2) is 5.82 Å². The third kappa shape index (κ3) is 2.26. The summed E-state index contributed by atoms with van der Waals surface area (Å²) < 4.78 is 15.2. The first-order valence-electron chi connectivity index (χ1n) is 6.78. The van der Waals surface area contributed by atoms with E-state index in [0.717, 1.165) is 41.7 Å². The smallest absolute Gasteiger partial charge is 0.159 e. The minimum Gasteiger partial charge on any atom is -0.324 e. The van der Waals surface area contributed by atoms with Crippen LogP contribution >= 0.6 is 11.3 Å². The molecule has 1 aliphatic heterocycles. The Bertz CT molecular complexity index is 775. The van der Waals surface area contributed by atoms with Crippen molar-refractivity contribution in [2.75, 3.05) is 6.54 Å². The Hall–Kier alpha value is -2.05. The number of aromatic nitrogens is 3. The number of fused-ring (bicyclic) bond motifs is 1. The predicted molar refractivity (Wildman–Crippen MR) is 80.4 cm³/mol. The minimum atomic E-state index is -0.231. The fourth-order valence-corrected chi connectivity index (χ4v) is 3.32. The van der Waals surface area contributed by atoms with Crippen LogP contribution in [0.1, 0.15) is 5.69 Å². The molecule has 0 radical (unpaired) electrons. The fraction of sp³-hybridized carbons (Fsp3) is 0.200. The van der Waals surface area contributed by atoms with E-state index in [0.29, 0.717) is 0 Å². The molecule has 3 aromatic rings. The van der Waals surface area contributed by atoms with Gasteiger partial charge in [-0.25, -0.2) is 14.4 Å². The summed E-state index contributed by atoms with van der Waals surface area (Å²) in [7, 11) is 0. The lowest BCUT2D eigenvalue weighted by molar-refractivity contribution is 0.519. The molecule has 4 nitrogen and oxygen atoms in total. The Morgan fingerprint density at radius 3 is 2.95 bits per heavy atom. The van der Waals surface area contributed by atoms with E-state index in [1.165, 1.54) is 17.8 Å². The Balaban J connectivity index is 1.71. The van der Waals surface area contributed by atoms with E-state index in [1.54, 1.807) is 23.5 Å². The molecule has 3 heterocycles. The molecule has 0 fully saturated rings. The number of hydrogen-bond donors (Lipinski definition) is 1. The molecule has 0 spiro atoms. The molecule has 6 heteroatoms. The van der Waals surface area contributed by atoms with E-state index in [9.17, 15) is 4.39 Å². The molecule has 106 valence electrons. The van der Waals surface area contributed by atoms with Crippen LogP contribution in [0.15, 0.2) is 35.8 Å². The summed E-state index contributed by atoms with van der Waals surface area (Å²) >= 11 is 1.55. The first-order chi connectivity index (χ1) is 10.3. The maximum absolute atomic E-state index is 13.0. The van der Waals surface area contributed by atoms with Gasteiger partial charge in [0.25, 0.3) is 0 Å². The van der Waals surface area contributed by atoms with Crippen LogP contribution in [-0.2, 0) is 13.1 Å². The van der Waals surface area contributed by atoms with Gasteiger partial charge in [0.05, 0.1) is 11.9 Å². The van der Waals surface area contributed by atoms with Gasteiger partial charge in [0, 0.05) is 30.6 Å². The van der Waals surface area contributed by atoms with Gasteiger partial charge in [-0.2, -0.15) is 0 Å². The van der Waals surface area contributed by atoms with Gasteiger partial charge in [-0.3, -0.25) is 0 Å². The number of halogens is 1. The molecule has 0 aliphatic carbocycles. The summed E-state index contributed by atoms with van der Waals surface area (Å²) in [5, 5.41) is 6.22. The van der Waals surface area contributed by atoms with Crippen molar-refractivity contribution in [2.45, 2.75) is 13.1 Å². The molecule has 0 amide bonds. The van der Waals surface area contributed by atoms with Crippen molar-refractivity contribution >= 4 is 11.3 Å². The number of benzene rings is 1. The lowest BCUT2D eigenvalue weighted by Crippen LogP contribution is -2.27. The lowest BCUT2D eigenvalue weighted by atomic mass is 10.2. The number of nitrogens with zero attached hydrogens (tertiary/aromatic N) is 3. The zero-order chi connectivity index (χ0) is 14.2. The van der Waals surface area contributed by atoms with Crippen molar-refractivity contribution in [1.82, 2.24) is 19.9 Å². The SMILES string of the molecule is Fc1ccc(-c2nc(-c3ncc4n3CCNC4)cs2)cc1. The van der Waals surface area contributed by atoms with E-state index in [4.69, 9.17) is 0 Å². The molecular weight excluding hydrogens is 287 g/mol. The molecule has 1 aromatic carbocycles. The van der Waals surface area contributed by atoms with Crippen LogP contribution in [0.25, 0.3) is 22.1 Å². The summed E-state index contributed by atoms with van der Waals surface area (Å²) in [6.07, 6.45) is 1.90. The predicted octanol–water partition coefficient (Wildman–Crippen LogP) is 2.92. The highest BCUT2D eigenvalue weighted by Gasteiger charge is 2.17. The Kier molecular flexibility index (Phi) is 3.05. The molecule has 1 aliphatic rings. The summed E-state index contributed by atoms with van der Waals surface area (Å²) in [6.45, 7) is 2.71. The fourth-order valence-electron chi connectivity index (χ4n) is 2.51. The van der Waals surface area contributed by atoms with Gasteiger partial charge < -0.3 is 9.88 Å². The molecule has 1 N–H and O–H groups in total. The van der Waals surface area contributed by atoms with E-state index >= 15 is 0 Å². The maximum atomic E-state index is 13.0. The minimum absolute atomic E-state index is 0.231. The van der Waals surface area contributed by atoms with Crippen LogP contribution < -0.4 is 5.32 Å². The molecule has 0 atom stereocenters. The van der Waals surface area contributed by atoms with Crippen LogP contribution in [-0.4, -0.2) is 21.1 Å². The number of imidazole rings is 1. The van der Waals surface area contributed by atoms with Crippen LogP contribution in [0, 0.1) is 5.82 Å². The van der Waals surface area contributed by atoms with Crippen molar-refractivity contribution in [3.05, 3.63) is 47.4 Å². The lowest BCUT2D eigenvalue weighted by Gasteiger charge is -2.16. The van der Waals surface area contributed by atoms with Gasteiger partial charge in [0.1, 0.15) is 16.5 Å². The van der Waals surface area contributed by atoms with Gasteiger partial charge in [-0.05, 0) is 24.3 Å². The van der Waals surface area contributed by atoms with Crippen molar-refractivity contribution in [3.63, 3.8) is 0 Å². The average molecular weight is 300 g/mol. The van der Waals surface area contributed by atoms with Crippen LogP contribution in [0.2, 0.25) is 0 Å². The second-order valence-electron chi connectivity index (χ2n) is 4.95. The average Bonchev–Trinajstić information content (AvgIpc) is 3.14. The van der Waals surface area contributed by atoms with Gasteiger partial charge >= 0.3 is 0 Å². The molecule has 0 bridgehead atoms. The normalized spacial score (nSPS) is 14.1. The zero-order valence-electron chi connectivity index (χ0n) is 11.2. The number of rotatable bonds is 2. The highest BCUT2D eigenvalue weighted by atomic mass is 32.1. The van der Waals surface area contributed by atoms with Gasteiger partial charge in [0.2, 0.25) is 0 Å². The summed E-state index contributed by atoms with van der Waals surface area (Å²) in [5.74, 6) is 0.682. The van der Waals surface area contributed by atoms with Crippen LogP contribution in [0.5, 0.6) is 0 Å². The van der Waals surface area contributed by atoms with E-state index < -0.39 is 0 Å². The monoisotopic (exact) mass is 300 g/mol. The Morgan fingerprint density at radius 1 is 1.24 bits per heavy atom. The van der Waals surface area contributed by atoms with E-state index in [2.05, 4.69) is 19.9 Å². The highest BCUT2D eigenvalue weighted by molar-refractivity contribution is 7.13. The van der Waals surface area contributed by atoms with Crippen LogP contribution in [0.3, 0.4) is 0 Å². The Labute approximate surface area is 125 Å². The summed E-state index contributed by atoms with van der Waals surface area (Å²) in [5.41, 5.74) is 3.00. The Morgan fingerprint density at radius 2 is 2.10 bits per heavy atom. The van der Waals surface area contributed by atoms with E-state index in [-0.39, 0.29) is 5.82 Å². The molecule has 0 saturated heterocycles. The molecular formula is C15H13FN4S. The van der Waals surface area contributed by atoms with Gasteiger partial charge in [-0.15, -0.1) is 11.3 Å². The van der Waals surface area contributed by atoms with Crippen molar-refractivity contribution < 1.29 is 4.39 Å². The molecule has 0 unspecified atom stereocenters. The first kappa shape index (κ1) is 12.7. The van der Waals surface area contributed by atoms with Crippen molar-refractivity contribution in [1.29, 1.82) is 0 Å². The maximum Gasteiger partial charge on any atom is 0.159 e. The highest BCUT2D eigenvalue weighted by Crippen LogP contribution is 2.29. The van der Waals surface area contributed by atoms with Crippen LogP contribution in [0.4, 0.5) is 4.39 Å². The van der Waals surface area contributed by atoms with Crippen molar-refractivity contribution in [3.8, 4) is 22.1 Å². The largest absolute Gasteiger partial charge is 0.324 e. The number of hydrogen-bond acceptors (Lipinski definition) is 4. The van der Waals surface area contributed by atoms with E-state index in [1.807, 2.05) is 11.6 Å². The standard InChI is InChI=1S/C15H13FN4S/c16-11-3-1-10(2-4-11)15-19-13(9-21-15)14-18-8-12-7-17-5-6-20(12)14/h1-4,8-9,17H,5-7H2. The van der Waals surface area contributed by atoms with Crippen molar-refractivity contribution in [2.24, 2.45) is 0 Å². The second-order valence-corrected chi connectivity index (χ2v) is 5.80. The molecule has 0 saturated carbocycles. The quantitative estimate of drug-likeness (QED) is 0.791. The first-order valence-corrected chi connectivity index (χ1v) is 7.66. The molecule has 4 rings (SSSR count). The third-order valence-corrected chi connectivity index (χ3v) is 4.47. The number of nitrogens with one attached hydrogen (secondary N) is 1. The summed E-state index contributed by atoms with van der Waals surface area (Å²) in [4.78, 5) is 9.15. The zero-order valence-corrected chi connectivity index (χ0v) is 12.0. The number of thiazole rings is 1. The molecule has 21 heavy (non-hydrogen) atoms. The third-order valence-electron chi connectivity index (χ3n) is 3.58. The van der Waals surface area contributed by atoms with Gasteiger partial charge in [-0.1, -0.05) is 0 Å². The second kappa shape index (κ2) is 5.05. The topological polar surface area (TPSA) is 42.7 Å². The molecule has 2 aromatic heterocycles. The summed E-state index contributed by atoms with van der Waals surface area (Å²) in [6, 6.07) is 6.42.